The van der Waals surface area contributed by atoms with E-state index in [9.17, 15) is 4.79 Å². The van der Waals surface area contributed by atoms with Gasteiger partial charge in [-0.2, -0.15) is 5.26 Å². The normalized spacial score (nSPS) is 16.8. The summed E-state index contributed by atoms with van der Waals surface area (Å²) in [6, 6.07) is 20.1. The number of hydrogen-bond acceptors (Lipinski definition) is 3. The van der Waals surface area contributed by atoms with Crippen LogP contribution in [0.25, 0.3) is 0 Å². The van der Waals surface area contributed by atoms with Gasteiger partial charge < -0.3 is 9.80 Å². The Labute approximate surface area is 168 Å². The number of benzene rings is 2. The van der Waals surface area contributed by atoms with E-state index in [2.05, 4.69) is 36.9 Å². The summed E-state index contributed by atoms with van der Waals surface area (Å²) in [5.41, 5.74) is 2.92. The van der Waals surface area contributed by atoms with Crippen molar-refractivity contribution in [2.75, 3.05) is 31.1 Å². The average Bonchev–Trinajstić information content (AvgIpc) is 3.01. The molecule has 4 nitrogen and oxygen atoms in total. The van der Waals surface area contributed by atoms with Gasteiger partial charge in [-0.1, -0.05) is 50.6 Å². The van der Waals surface area contributed by atoms with Gasteiger partial charge in [-0.3, -0.25) is 4.79 Å². The van der Waals surface area contributed by atoms with Crippen molar-refractivity contribution in [1.29, 1.82) is 5.26 Å². The monoisotopic (exact) mass is 375 g/mol. The Bertz CT molecular complexity index is 810. The lowest BCUT2D eigenvalue weighted by molar-refractivity contribution is -0.133. The number of carbonyl (C=O) groups excluding carboxylic acids is 1. The van der Waals surface area contributed by atoms with Crippen molar-refractivity contribution in [1.82, 2.24) is 4.90 Å². The standard InChI is InChI=1S/C24H29N3O/c1-3-19(2)23(21-8-5-4-6-9-21)24(28)27-15-7-14-26(16-17-27)22-12-10-20(18-25)11-13-22/h4-6,8-13,19,23H,3,7,14-17H2,1-2H3. The van der Waals surface area contributed by atoms with Crippen LogP contribution in [-0.2, 0) is 4.79 Å². The minimum Gasteiger partial charge on any atom is -0.370 e. The van der Waals surface area contributed by atoms with E-state index in [0.717, 1.165) is 50.3 Å². The molecule has 0 N–H and O–H groups in total. The van der Waals surface area contributed by atoms with Crippen molar-refractivity contribution in [2.24, 2.45) is 5.92 Å². The summed E-state index contributed by atoms with van der Waals surface area (Å²) in [6.45, 7) is 7.61. The van der Waals surface area contributed by atoms with Crippen molar-refractivity contribution >= 4 is 11.6 Å². The minimum absolute atomic E-state index is 0.0762. The van der Waals surface area contributed by atoms with Crippen LogP contribution in [-0.4, -0.2) is 37.0 Å². The molecule has 4 heteroatoms. The molecule has 0 bridgehead atoms. The lowest BCUT2D eigenvalue weighted by atomic mass is 9.84. The van der Waals surface area contributed by atoms with E-state index in [-0.39, 0.29) is 11.8 Å². The predicted octanol–water partition coefficient (Wildman–Crippen LogP) is 4.43. The van der Waals surface area contributed by atoms with Crippen molar-refractivity contribution in [3.05, 3.63) is 65.7 Å². The number of anilines is 1. The summed E-state index contributed by atoms with van der Waals surface area (Å²) in [7, 11) is 0. The van der Waals surface area contributed by atoms with Crippen molar-refractivity contribution in [3.8, 4) is 6.07 Å². The van der Waals surface area contributed by atoms with Crippen LogP contribution >= 0.6 is 0 Å². The Balaban J connectivity index is 1.72. The maximum absolute atomic E-state index is 13.4. The van der Waals surface area contributed by atoms with E-state index in [1.165, 1.54) is 0 Å². The highest BCUT2D eigenvalue weighted by Crippen LogP contribution is 2.29. The Hall–Kier alpha value is -2.80. The van der Waals surface area contributed by atoms with Crippen LogP contribution in [0.1, 0.15) is 43.7 Å². The smallest absolute Gasteiger partial charge is 0.230 e. The average molecular weight is 376 g/mol. The fourth-order valence-electron chi connectivity index (χ4n) is 3.95. The van der Waals surface area contributed by atoms with Gasteiger partial charge in [0.2, 0.25) is 5.91 Å². The number of nitrogens with zero attached hydrogens (tertiary/aromatic N) is 3. The first-order valence-corrected chi connectivity index (χ1v) is 10.2. The number of carbonyl (C=O) groups is 1. The molecule has 0 radical (unpaired) electrons. The predicted molar refractivity (Wildman–Crippen MR) is 113 cm³/mol. The number of nitriles is 1. The summed E-state index contributed by atoms with van der Waals surface area (Å²) < 4.78 is 0. The SMILES string of the molecule is CCC(C)C(C(=O)N1CCCN(c2ccc(C#N)cc2)CC1)c1ccccc1. The van der Waals surface area contributed by atoms with Crippen LogP contribution in [0.2, 0.25) is 0 Å². The summed E-state index contributed by atoms with van der Waals surface area (Å²) >= 11 is 0. The molecule has 2 atom stereocenters. The van der Waals surface area contributed by atoms with Gasteiger partial charge in [0.1, 0.15) is 0 Å². The van der Waals surface area contributed by atoms with Gasteiger partial charge in [0.15, 0.2) is 0 Å². The van der Waals surface area contributed by atoms with Crippen LogP contribution in [0.3, 0.4) is 0 Å². The molecule has 1 aliphatic rings. The second-order valence-electron chi connectivity index (χ2n) is 7.60. The molecule has 0 saturated carbocycles. The van der Waals surface area contributed by atoms with Crippen molar-refractivity contribution in [3.63, 3.8) is 0 Å². The van der Waals surface area contributed by atoms with E-state index >= 15 is 0 Å². The molecule has 0 aliphatic carbocycles. The van der Waals surface area contributed by atoms with E-state index < -0.39 is 0 Å². The molecular formula is C24H29N3O. The molecule has 1 saturated heterocycles. The Kier molecular flexibility index (Phi) is 6.71. The fourth-order valence-corrected chi connectivity index (χ4v) is 3.95. The van der Waals surface area contributed by atoms with Crippen LogP contribution in [0.5, 0.6) is 0 Å². The third-order valence-electron chi connectivity index (χ3n) is 5.81. The summed E-state index contributed by atoms with van der Waals surface area (Å²) in [6.07, 6.45) is 1.93. The van der Waals surface area contributed by atoms with Crippen LogP contribution < -0.4 is 4.90 Å². The topological polar surface area (TPSA) is 47.3 Å². The van der Waals surface area contributed by atoms with Gasteiger partial charge >= 0.3 is 0 Å². The lowest BCUT2D eigenvalue weighted by Crippen LogP contribution is -2.40. The molecule has 2 aromatic carbocycles. The highest BCUT2D eigenvalue weighted by molar-refractivity contribution is 5.84. The number of rotatable bonds is 5. The van der Waals surface area contributed by atoms with Gasteiger partial charge in [0, 0.05) is 31.9 Å². The molecule has 1 fully saturated rings. The zero-order chi connectivity index (χ0) is 19.9. The minimum atomic E-state index is -0.0762. The molecule has 2 aromatic rings. The molecule has 1 heterocycles. The summed E-state index contributed by atoms with van der Waals surface area (Å²) in [5.74, 6) is 0.489. The lowest BCUT2D eigenvalue weighted by Gasteiger charge is -2.30. The Morgan fingerprint density at radius 1 is 1.04 bits per heavy atom. The fraction of sp³-hybridized carbons (Fsp3) is 0.417. The molecule has 28 heavy (non-hydrogen) atoms. The molecule has 0 spiro atoms. The largest absolute Gasteiger partial charge is 0.370 e. The van der Waals surface area contributed by atoms with Gasteiger partial charge in [0.25, 0.3) is 0 Å². The van der Waals surface area contributed by atoms with Crippen LogP contribution in [0.4, 0.5) is 5.69 Å². The molecular weight excluding hydrogens is 346 g/mol. The Morgan fingerprint density at radius 3 is 2.39 bits per heavy atom. The summed E-state index contributed by atoms with van der Waals surface area (Å²) in [5, 5.41) is 8.98. The van der Waals surface area contributed by atoms with Gasteiger partial charge in [-0.05, 0) is 42.2 Å². The van der Waals surface area contributed by atoms with E-state index in [1.54, 1.807) is 0 Å². The van der Waals surface area contributed by atoms with Crippen LogP contribution in [0.15, 0.2) is 54.6 Å². The van der Waals surface area contributed by atoms with E-state index in [1.807, 2.05) is 47.4 Å². The van der Waals surface area contributed by atoms with Gasteiger partial charge in [-0.15, -0.1) is 0 Å². The zero-order valence-electron chi connectivity index (χ0n) is 16.8. The molecule has 1 aliphatic heterocycles. The number of amides is 1. The second-order valence-corrected chi connectivity index (χ2v) is 7.60. The molecule has 0 aromatic heterocycles. The highest BCUT2D eigenvalue weighted by Gasteiger charge is 2.30. The molecule has 3 rings (SSSR count). The third kappa shape index (κ3) is 4.54. The van der Waals surface area contributed by atoms with Gasteiger partial charge in [0.05, 0.1) is 17.6 Å². The third-order valence-corrected chi connectivity index (χ3v) is 5.81. The maximum atomic E-state index is 13.4. The molecule has 2 unspecified atom stereocenters. The van der Waals surface area contributed by atoms with Crippen molar-refractivity contribution < 1.29 is 4.79 Å². The van der Waals surface area contributed by atoms with E-state index in [4.69, 9.17) is 5.26 Å². The second kappa shape index (κ2) is 9.41. The summed E-state index contributed by atoms with van der Waals surface area (Å²) in [4.78, 5) is 17.8. The Morgan fingerprint density at radius 2 is 1.75 bits per heavy atom. The first kappa shape index (κ1) is 19.9. The molecule has 146 valence electrons. The number of hydrogen-bond donors (Lipinski definition) is 0. The first-order valence-electron chi connectivity index (χ1n) is 10.2. The molecule has 1 amide bonds. The van der Waals surface area contributed by atoms with E-state index in [0.29, 0.717) is 11.5 Å². The highest BCUT2D eigenvalue weighted by atomic mass is 16.2. The maximum Gasteiger partial charge on any atom is 0.230 e. The first-order chi connectivity index (χ1) is 13.6. The van der Waals surface area contributed by atoms with Crippen molar-refractivity contribution in [2.45, 2.75) is 32.6 Å². The quantitative estimate of drug-likeness (QED) is 0.777. The zero-order valence-corrected chi connectivity index (χ0v) is 16.8. The van der Waals surface area contributed by atoms with Gasteiger partial charge in [-0.25, -0.2) is 0 Å². The van der Waals surface area contributed by atoms with Crippen LogP contribution in [0, 0.1) is 17.2 Å².